The maximum atomic E-state index is 12.9. The van der Waals surface area contributed by atoms with Crippen LogP contribution in [0.3, 0.4) is 0 Å². The van der Waals surface area contributed by atoms with Gasteiger partial charge in [-0.15, -0.1) is 0 Å². The van der Waals surface area contributed by atoms with Gasteiger partial charge in [-0.3, -0.25) is 14.4 Å². The second-order valence-corrected chi connectivity index (χ2v) is 9.22. The summed E-state index contributed by atoms with van der Waals surface area (Å²) in [7, 11) is 0. The van der Waals surface area contributed by atoms with Crippen molar-refractivity contribution in [1.82, 2.24) is 24.0 Å². The molecule has 2 aliphatic heterocycles. The van der Waals surface area contributed by atoms with E-state index in [0.29, 0.717) is 6.04 Å². The minimum Gasteiger partial charge on any atom is -0.353 e. The largest absolute Gasteiger partial charge is 0.353 e. The average molecular weight is 425 g/mol. The molecule has 5 rings (SSSR count). The summed E-state index contributed by atoms with van der Waals surface area (Å²) in [5, 5.41) is 5.69. The van der Waals surface area contributed by atoms with Gasteiger partial charge in [-0.25, -0.2) is 0 Å². The molecule has 2 aliphatic rings. The fourth-order valence-corrected chi connectivity index (χ4v) is 5.33. The fraction of sp³-hybridized carbons (Fsp3) is 0.500. The third kappa shape index (κ3) is 3.48. The van der Waals surface area contributed by atoms with E-state index in [1.807, 2.05) is 9.58 Å². The highest BCUT2D eigenvalue weighted by Gasteiger charge is 2.29. The molecular formula is C22H28N6OS. The summed E-state index contributed by atoms with van der Waals surface area (Å²) in [4.78, 5) is 19.8. The van der Waals surface area contributed by atoms with E-state index in [2.05, 4.69) is 53.0 Å². The lowest BCUT2D eigenvalue weighted by Crippen LogP contribution is -2.50. The van der Waals surface area contributed by atoms with Gasteiger partial charge in [-0.2, -0.15) is 9.47 Å². The predicted octanol–water partition coefficient (Wildman–Crippen LogP) is 2.89. The van der Waals surface area contributed by atoms with E-state index in [4.69, 9.17) is 4.37 Å². The molecule has 0 saturated carbocycles. The first-order valence-electron chi connectivity index (χ1n) is 10.8. The van der Waals surface area contributed by atoms with Crippen LogP contribution in [0.25, 0.3) is 10.1 Å². The molecule has 0 unspecified atom stereocenters. The molecule has 8 heteroatoms. The number of fused-ring (bicyclic) bond motifs is 2. The second-order valence-electron chi connectivity index (χ2n) is 8.42. The summed E-state index contributed by atoms with van der Waals surface area (Å²) in [5.41, 5.74) is 1.88. The van der Waals surface area contributed by atoms with Gasteiger partial charge >= 0.3 is 0 Å². The van der Waals surface area contributed by atoms with Gasteiger partial charge in [0.15, 0.2) is 0 Å². The van der Waals surface area contributed by atoms with Crippen molar-refractivity contribution in [1.29, 1.82) is 0 Å². The molecule has 30 heavy (non-hydrogen) atoms. The number of aromatic nitrogens is 3. The van der Waals surface area contributed by atoms with Crippen LogP contribution in [0.4, 0.5) is 5.82 Å². The fourth-order valence-electron chi connectivity index (χ4n) is 4.53. The van der Waals surface area contributed by atoms with E-state index in [0.717, 1.165) is 69.3 Å². The number of amides is 1. The topological polar surface area (TPSA) is 57.5 Å². The zero-order valence-electron chi connectivity index (χ0n) is 17.6. The monoisotopic (exact) mass is 424 g/mol. The second kappa shape index (κ2) is 8.00. The number of hydrogen-bond donors (Lipinski definition) is 0. The molecule has 0 spiro atoms. The Kier molecular flexibility index (Phi) is 5.20. The number of rotatable bonds is 5. The van der Waals surface area contributed by atoms with E-state index in [1.165, 1.54) is 10.1 Å². The van der Waals surface area contributed by atoms with Crippen molar-refractivity contribution in [2.45, 2.75) is 26.3 Å². The van der Waals surface area contributed by atoms with Crippen molar-refractivity contribution in [2.75, 3.05) is 50.7 Å². The Hall–Kier alpha value is -2.45. The average Bonchev–Trinajstić information content (AvgIpc) is 3.39. The summed E-state index contributed by atoms with van der Waals surface area (Å²) in [5.74, 6) is 1.26. The van der Waals surface area contributed by atoms with Gasteiger partial charge in [-0.1, -0.05) is 12.1 Å². The molecule has 0 radical (unpaired) electrons. The Morgan fingerprint density at radius 2 is 1.87 bits per heavy atom. The Morgan fingerprint density at radius 1 is 1.07 bits per heavy atom. The molecule has 3 aromatic rings. The molecule has 7 nitrogen and oxygen atoms in total. The maximum absolute atomic E-state index is 12.9. The number of benzene rings is 1. The molecular weight excluding hydrogens is 396 g/mol. The van der Waals surface area contributed by atoms with E-state index < -0.39 is 0 Å². The maximum Gasteiger partial charge on any atom is 0.257 e. The standard InChI is InChI=1S/C22H28N6OS/c1-16(2)28-19-7-8-27(22(29)18(19)15-23-28)14-11-25-9-12-26(13-10-25)21-17-5-3-4-6-20(17)30-24-21/h3-6,15-16H,7-14H2,1-2H3. The van der Waals surface area contributed by atoms with Crippen LogP contribution in [0.5, 0.6) is 0 Å². The highest BCUT2D eigenvalue weighted by molar-refractivity contribution is 7.13. The molecule has 1 saturated heterocycles. The van der Waals surface area contributed by atoms with Crippen LogP contribution in [-0.4, -0.2) is 75.7 Å². The van der Waals surface area contributed by atoms with E-state index in [-0.39, 0.29) is 5.91 Å². The lowest BCUT2D eigenvalue weighted by Gasteiger charge is -2.36. The van der Waals surface area contributed by atoms with E-state index in [1.54, 1.807) is 17.7 Å². The van der Waals surface area contributed by atoms with Crippen molar-refractivity contribution in [3.63, 3.8) is 0 Å². The Bertz CT molecular complexity index is 1050. The summed E-state index contributed by atoms with van der Waals surface area (Å²) in [6.45, 7) is 10.7. The van der Waals surface area contributed by atoms with Crippen LogP contribution in [0, 0.1) is 0 Å². The lowest BCUT2D eigenvalue weighted by molar-refractivity contribution is 0.0715. The minimum atomic E-state index is 0.135. The molecule has 0 bridgehead atoms. The number of carbonyl (C=O) groups excluding carboxylic acids is 1. The Labute approximate surface area is 181 Å². The first kappa shape index (κ1) is 19.5. The number of carbonyl (C=O) groups is 1. The van der Waals surface area contributed by atoms with Gasteiger partial charge in [0.1, 0.15) is 5.82 Å². The molecule has 0 aliphatic carbocycles. The molecule has 158 valence electrons. The van der Waals surface area contributed by atoms with Crippen molar-refractivity contribution in [2.24, 2.45) is 0 Å². The van der Waals surface area contributed by atoms with E-state index in [9.17, 15) is 4.79 Å². The third-order valence-electron chi connectivity index (χ3n) is 6.24. The molecule has 2 aromatic heterocycles. The highest BCUT2D eigenvalue weighted by Crippen LogP contribution is 2.30. The first-order valence-corrected chi connectivity index (χ1v) is 11.6. The molecule has 4 heterocycles. The molecule has 1 fully saturated rings. The van der Waals surface area contributed by atoms with Crippen molar-refractivity contribution in [3.05, 3.63) is 41.7 Å². The van der Waals surface area contributed by atoms with Gasteiger partial charge in [0.25, 0.3) is 5.91 Å². The van der Waals surface area contributed by atoms with Crippen LogP contribution in [0.15, 0.2) is 30.5 Å². The van der Waals surface area contributed by atoms with E-state index >= 15 is 0 Å². The summed E-state index contributed by atoms with van der Waals surface area (Å²) >= 11 is 1.58. The van der Waals surface area contributed by atoms with Crippen molar-refractivity contribution < 1.29 is 4.79 Å². The minimum absolute atomic E-state index is 0.135. The van der Waals surface area contributed by atoms with Crippen LogP contribution < -0.4 is 4.90 Å². The lowest BCUT2D eigenvalue weighted by atomic mass is 10.1. The molecule has 1 amide bonds. The summed E-state index contributed by atoms with van der Waals surface area (Å²) in [6.07, 6.45) is 2.64. The number of piperazine rings is 1. The van der Waals surface area contributed by atoms with Gasteiger partial charge in [0.05, 0.1) is 22.2 Å². The van der Waals surface area contributed by atoms with Crippen LogP contribution in [0.1, 0.15) is 35.9 Å². The van der Waals surface area contributed by atoms with Gasteiger partial charge in [0, 0.05) is 63.7 Å². The number of nitrogens with zero attached hydrogens (tertiary/aromatic N) is 6. The van der Waals surface area contributed by atoms with Crippen molar-refractivity contribution >= 4 is 33.3 Å². The normalized spacial score (nSPS) is 17.9. The van der Waals surface area contributed by atoms with Crippen molar-refractivity contribution in [3.8, 4) is 0 Å². The predicted molar refractivity (Wildman–Crippen MR) is 120 cm³/mol. The highest BCUT2D eigenvalue weighted by atomic mass is 32.1. The van der Waals surface area contributed by atoms with Gasteiger partial charge in [0.2, 0.25) is 0 Å². The zero-order valence-corrected chi connectivity index (χ0v) is 18.4. The van der Waals surface area contributed by atoms with Crippen LogP contribution >= 0.6 is 11.5 Å². The van der Waals surface area contributed by atoms with Gasteiger partial charge < -0.3 is 9.80 Å². The third-order valence-corrected chi connectivity index (χ3v) is 7.06. The quantitative estimate of drug-likeness (QED) is 0.630. The molecule has 1 aromatic carbocycles. The zero-order chi connectivity index (χ0) is 20.7. The Morgan fingerprint density at radius 3 is 2.67 bits per heavy atom. The number of anilines is 1. The Balaban J connectivity index is 1.16. The number of hydrogen-bond acceptors (Lipinski definition) is 6. The molecule has 0 N–H and O–H groups in total. The molecule has 0 atom stereocenters. The summed E-state index contributed by atoms with van der Waals surface area (Å²) in [6, 6.07) is 8.75. The van der Waals surface area contributed by atoms with Crippen LogP contribution in [-0.2, 0) is 6.42 Å². The smallest absolute Gasteiger partial charge is 0.257 e. The van der Waals surface area contributed by atoms with Crippen LogP contribution in [0.2, 0.25) is 0 Å². The SMILES string of the molecule is CC(C)n1ncc2c1CCN(CCN1CCN(c3nsc4ccccc34)CC1)C2=O. The first-order chi connectivity index (χ1) is 14.6. The summed E-state index contributed by atoms with van der Waals surface area (Å²) < 4.78 is 7.94. The van der Waals surface area contributed by atoms with Gasteiger partial charge in [-0.05, 0) is 37.5 Å².